The Morgan fingerprint density at radius 3 is 2.24 bits per heavy atom. The first-order valence-corrected chi connectivity index (χ1v) is 6.05. The third-order valence-electron chi connectivity index (χ3n) is 2.55. The molecule has 0 aliphatic carbocycles. The molecule has 0 heterocycles. The molecule has 0 aliphatic heterocycles. The Balaban J connectivity index is 0.00000400. The van der Waals surface area contributed by atoms with Crippen LogP contribution in [0, 0.1) is 5.92 Å². The average Bonchev–Trinajstić information content (AvgIpc) is 2.36. The minimum absolute atomic E-state index is 0. The molecule has 0 bridgehead atoms. The lowest BCUT2D eigenvalue weighted by molar-refractivity contribution is -0.153. The number of carbonyl (C=O) groups is 1. The summed E-state index contributed by atoms with van der Waals surface area (Å²) in [5.74, 6) is -0.276. The van der Waals surface area contributed by atoms with Gasteiger partial charge in [-0.2, -0.15) is 13.2 Å². The Labute approximate surface area is 127 Å². The molecule has 0 unspecified atom stereocenters. The summed E-state index contributed by atoms with van der Waals surface area (Å²) >= 11 is 0. The summed E-state index contributed by atoms with van der Waals surface area (Å²) in [6.45, 7) is 2.29. The summed E-state index contributed by atoms with van der Waals surface area (Å²) in [5, 5.41) is 2.58. The summed E-state index contributed by atoms with van der Waals surface area (Å²) in [6.07, 6.45) is -4.38. The highest BCUT2D eigenvalue weighted by Gasteiger charge is 2.28. The molecule has 1 atom stereocenters. The number of carbonyl (C=O) groups excluding carboxylic acids is 1. The molecular weight excluding hydrogens is 309 g/mol. The second kappa shape index (κ2) is 8.09. The van der Waals surface area contributed by atoms with Gasteiger partial charge < -0.3 is 15.8 Å². The van der Waals surface area contributed by atoms with Crippen LogP contribution in [0.25, 0.3) is 0 Å². The van der Waals surface area contributed by atoms with Crippen molar-refractivity contribution in [1.82, 2.24) is 0 Å². The number of nitrogens with two attached hydrogens (primary N) is 1. The van der Waals surface area contributed by atoms with Crippen LogP contribution in [0.4, 0.5) is 18.9 Å². The van der Waals surface area contributed by atoms with E-state index in [1.807, 2.05) is 13.8 Å². The number of hydrogen-bond donors (Lipinski definition) is 2. The number of rotatable bonds is 5. The summed E-state index contributed by atoms with van der Waals surface area (Å²) in [5.41, 5.74) is 6.12. The molecule has 4 nitrogen and oxygen atoms in total. The van der Waals surface area contributed by atoms with Crippen molar-refractivity contribution in [2.24, 2.45) is 11.7 Å². The zero-order chi connectivity index (χ0) is 15.3. The Kier molecular flexibility index (Phi) is 7.52. The maximum Gasteiger partial charge on any atom is 0.422 e. The monoisotopic (exact) mass is 326 g/mol. The molecule has 3 N–H and O–H groups in total. The lowest BCUT2D eigenvalue weighted by Gasteiger charge is -2.15. The molecule has 0 radical (unpaired) electrons. The van der Waals surface area contributed by atoms with E-state index in [0.29, 0.717) is 5.69 Å². The fourth-order valence-electron chi connectivity index (χ4n) is 1.33. The number of hydrogen-bond acceptors (Lipinski definition) is 3. The van der Waals surface area contributed by atoms with E-state index in [4.69, 9.17) is 5.73 Å². The van der Waals surface area contributed by atoms with Gasteiger partial charge in [0.1, 0.15) is 5.75 Å². The van der Waals surface area contributed by atoms with E-state index < -0.39 is 18.8 Å². The number of amides is 1. The van der Waals surface area contributed by atoms with Crippen LogP contribution in [0.5, 0.6) is 5.75 Å². The molecule has 0 fully saturated rings. The van der Waals surface area contributed by atoms with Crippen LogP contribution in [0.1, 0.15) is 13.8 Å². The van der Waals surface area contributed by atoms with Gasteiger partial charge in [0, 0.05) is 5.69 Å². The van der Waals surface area contributed by atoms with Crippen molar-refractivity contribution in [2.75, 3.05) is 11.9 Å². The summed E-state index contributed by atoms with van der Waals surface area (Å²) in [7, 11) is 0. The maximum atomic E-state index is 12.0. The van der Waals surface area contributed by atoms with Gasteiger partial charge in [-0.15, -0.1) is 12.4 Å². The first-order valence-electron chi connectivity index (χ1n) is 6.05. The fraction of sp³-hybridized carbons (Fsp3) is 0.462. The van der Waals surface area contributed by atoms with Crippen LogP contribution < -0.4 is 15.8 Å². The topological polar surface area (TPSA) is 64.4 Å². The SMILES string of the molecule is CC(C)[C@@H](N)C(=O)Nc1ccc(OCC(F)(F)F)cc1.Cl. The van der Waals surface area contributed by atoms with Gasteiger partial charge in [0.15, 0.2) is 6.61 Å². The number of benzene rings is 1. The van der Waals surface area contributed by atoms with Crippen LogP contribution in [-0.4, -0.2) is 24.7 Å². The molecule has 120 valence electrons. The normalized spacial score (nSPS) is 12.5. The van der Waals surface area contributed by atoms with Crippen molar-refractivity contribution in [2.45, 2.75) is 26.1 Å². The first-order chi connectivity index (χ1) is 9.19. The first kappa shape index (κ1) is 19.5. The van der Waals surface area contributed by atoms with E-state index in [9.17, 15) is 18.0 Å². The number of anilines is 1. The van der Waals surface area contributed by atoms with Crippen molar-refractivity contribution in [1.29, 1.82) is 0 Å². The molecule has 21 heavy (non-hydrogen) atoms. The van der Waals surface area contributed by atoms with Crippen molar-refractivity contribution in [3.63, 3.8) is 0 Å². The van der Waals surface area contributed by atoms with Crippen molar-refractivity contribution in [3.8, 4) is 5.75 Å². The zero-order valence-electron chi connectivity index (χ0n) is 11.6. The molecule has 8 heteroatoms. The standard InChI is InChI=1S/C13H17F3N2O2.ClH/c1-8(2)11(17)12(19)18-9-3-5-10(6-4-9)20-7-13(14,15)16;/h3-6,8,11H,7,17H2,1-2H3,(H,18,19);1H/t11-;/m1./s1. The Morgan fingerprint density at radius 2 is 1.81 bits per heavy atom. The molecular formula is C13H18ClF3N2O2. The van der Waals surface area contributed by atoms with Gasteiger partial charge in [0.2, 0.25) is 5.91 Å². The maximum absolute atomic E-state index is 12.0. The molecule has 1 rings (SSSR count). The second-order valence-electron chi connectivity index (χ2n) is 4.69. The lowest BCUT2D eigenvalue weighted by Crippen LogP contribution is -2.39. The van der Waals surface area contributed by atoms with E-state index in [1.54, 1.807) is 0 Å². The summed E-state index contributed by atoms with van der Waals surface area (Å²) < 4.78 is 40.4. The molecule has 0 aromatic heterocycles. The van der Waals surface area contributed by atoms with Crippen molar-refractivity contribution >= 4 is 24.0 Å². The predicted molar refractivity (Wildman–Crippen MR) is 76.7 cm³/mol. The lowest BCUT2D eigenvalue weighted by atomic mass is 10.1. The minimum atomic E-state index is -4.38. The van der Waals surface area contributed by atoms with Gasteiger partial charge in [-0.3, -0.25) is 4.79 Å². The fourth-order valence-corrected chi connectivity index (χ4v) is 1.33. The molecule has 0 aliphatic rings. The van der Waals surface area contributed by atoms with E-state index in [-0.39, 0.29) is 30.0 Å². The van der Waals surface area contributed by atoms with Crippen LogP contribution in [-0.2, 0) is 4.79 Å². The van der Waals surface area contributed by atoms with Gasteiger partial charge in [0.25, 0.3) is 0 Å². The molecule has 0 saturated heterocycles. The largest absolute Gasteiger partial charge is 0.484 e. The number of alkyl halides is 3. The Morgan fingerprint density at radius 1 is 1.29 bits per heavy atom. The molecule has 0 saturated carbocycles. The van der Waals surface area contributed by atoms with E-state index >= 15 is 0 Å². The van der Waals surface area contributed by atoms with Crippen molar-refractivity contribution < 1.29 is 22.7 Å². The number of ether oxygens (including phenoxy) is 1. The zero-order valence-corrected chi connectivity index (χ0v) is 12.4. The van der Waals surface area contributed by atoms with Crippen LogP contribution >= 0.6 is 12.4 Å². The Hall–Kier alpha value is -1.47. The quantitative estimate of drug-likeness (QED) is 0.874. The third-order valence-corrected chi connectivity index (χ3v) is 2.55. The predicted octanol–water partition coefficient (Wildman–Crippen LogP) is 2.97. The summed E-state index contributed by atoms with van der Waals surface area (Å²) in [6, 6.07) is 4.97. The van der Waals surface area contributed by atoms with Gasteiger partial charge in [-0.25, -0.2) is 0 Å². The van der Waals surface area contributed by atoms with Crippen LogP contribution in [0.3, 0.4) is 0 Å². The Bertz CT molecular complexity index is 450. The van der Waals surface area contributed by atoms with Gasteiger partial charge in [-0.05, 0) is 30.2 Å². The second-order valence-corrected chi connectivity index (χ2v) is 4.69. The highest BCUT2D eigenvalue weighted by atomic mass is 35.5. The van der Waals surface area contributed by atoms with Crippen LogP contribution in [0.2, 0.25) is 0 Å². The average molecular weight is 327 g/mol. The van der Waals surface area contributed by atoms with Gasteiger partial charge in [-0.1, -0.05) is 13.8 Å². The molecule has 1 amide bonds. The highest BCUT2D eigenvalue weighted by molar-refractivity contribution is 5.94. The van der Waals surface area contributed by atoms with Crippen LogP contribution in [0.15, 0.2) is 24.3 Å². The smallest absolute Gasteiger partial charge is 0.422 e. The third kappa shape index (κ3) is 7.19. The molecule has 1 aromatic rings. The van der Waals surface area contributed by atoms with E-state index in [0.717, 1.165) is 0 Å². The van der Waals surface area contributed by atoms with E-state index in [2.05, 4.69) is 10.1 Å². The number of halogens is 4. The minimum Gasteiger partial charge on any atom is -0.484 e. The molecule has 0 spiro atoms. The summed E-state index contributed by atoms with van der Waals surface area (Å²) in [4.78, 5) is 11.7. The van der Waals surface area contributed by atoms with Crippen molar-refractivity contribution in [3.05, 3.63) is 24.3 Å². The van der Waals surface area contributed by atoms with Gasteiger partial charge >= 0.3 is 6.18 Å². The van der Waals surface area contributed by atoms with E-state index in [1.165, 1.54) is 24.3 Å². The number of nitrogens with one attached hydrogen (secondary N) is 1. The molecule has 1 aromatic carbocycles. The highest BCUT2D eigenvalue weighted by Crippen LogP contribution is 2.20. The van der Waals surface area contributed by atoms with Gasteiger partial charge in [0.05, 0.1) is 6.04 Å².